The molecule has 0 aromatic heterocycles. The fourth-order valence-corrected chi connectivity index (χ4v) is 3.68. The Labute approximate surface area is 192 Å². The third-order valence-corrected chi connectivity index (χ3v) is 10.3. The Bertz CT molecular complexity index is 763. The zero-order valence-electron chi connectivity index (χ0n) is 20.4. The second-order valence-electron chi connectivity index (χ2n) is 9.79. The lowest BCUT2D eigenvalue weighted by atomic mass is 10.0. The molecule has 0 spiro atoms. The minimum absolute atomic E-state index is 0.0330. The Morgan fingerprint density at radius 3 is 2.16 bits per heavy atom. The molecule has 0 saturated heterocycles. The van der Waals surface area contributed by atoms with Gasteiger partial charge in [0.2, 0.25) is 11.8 Å². The molecule has 0 saturated carbocycles. The van der Waals surface area contributed by atoms with Crippen LogP contribution in [0.25, 0.3) is 0 Å². The highest BCUT2D eigenvalue weighted by Crippen LogP contribution is 2.36. The first-order valence-corrected chi connectivity index (χ1v) is 13.9. The van der Waals surface area contributed by atoms with E-state index in [4.69, 9.17) is 14.9 Å². The molecule has 0 heterocycles. The molecule has 0 aliphatic carbocycles. The topological polar surface area (TPSA) is 120 Å². The number of carbonyl (C=O) groups is 3. The van der Waals surface area contributed by atoms with E-state index < -0.39 is 38.3 Å². The number of primary amides is 1. The van der Waals surface area contributed by atoms with Crippen molar-refractivity contribution in [3.05, 3.63) is 35.9 Å². The summed E-state index contributed by atoms with van der Waals surface area (Å²) in [5, 5.41) is 5.27. The Morgan fingerprint density at radius 2 is 1.66 bits per heavy atom. The van der Waals surface area contributed by atoms with Gasteiger partial charge in [-0.25, -0.2) is 4.79 Å². The fourth-order valence-electron chi connectivity index (χ4n) is 2.62. The molecule has 180 valence electrons. The first-order chi connectivity index (χ1) is 14.7. The van der Waals surface area contributed by atoms with Gasteiger partial charge in [-0.1, -0.05) is 65.0 Å². The predicted molar refractivity (Wildman–Crippen MR) is 127 cm³/mol. The lowest BCUT2D eigenvalue weighted by molar-refractivity contribution is -0.129. The zero-order chi connectivity index (χ0) is 24.5. The summed E-state index contributed by atoms with van der Waals surface area (Å²) in [7, 11) is -1.98. The summed E-state index contributed by atoms with van der Waals surface area (Å²) < 4.78 is 11.3. The Kier molecular flexibility index (Phi) is 10.4. The molecule has 0 aliphatic rings. The molecule has 0 radical (unpaired) electrons. The van der Waals surface area contributed by atoms with Gasteiger partial charge in [0.25, 0.3) is 0 Å². The number of alkyl carbamates (subject to hydrolysis) is 1. The van der Waals surface area contributed by atoms with Crippen LogP contribution in [0.2, 0.25) is 18.1 Å². The third-order valence-electron chi connectivity index (χ3n) is 5.77. The van der Waals surface area contributed by atoms with Gasteiger partial charge < -0.3 is 25.5 Å². The normalized spacial score (nSPS) is 13.9. The average molecular weight is 466 g/mol. The van der Waals surface area contributed by atoms with Crippen LogP contribution in [0.3, 0.4) is 0 Å². The van der Waals surface area contributed by atoms with Crippen LogP contribution in [0.1, 0.15) is 46.6 Å². The first-order valence-electron chi connectivity index (χ1n) is 11.0. The SMILES string of the molecule is CC(C)[C@H](NC(=O)OCc1ccccc1)C(=O)N[C@H](CCO[Si](C)(C)C(C)(C)C)C(N)=O. The van der Waals surface area contributed by atoms with E-state index in [-0.39, 0.29) is 24.0 Å². The van der Waals surface area contributed by atoms with E-state index in [0.717, 1.165) is 5.56 Å². The Hall–Kier alpha value is -2.39. The highest BCUT2D eigenvalue weighted by atomic mass is 28.4. The van der Waals surface area contributed by atoms with E-state index in [1.54, 1.807) is 13.8 Å². The molecular weight excluding hydrogens is 426 g/mol. The number of hydrogen-bond donors (Lipinski definition) is 3. The number of ether oxygens (including phenoxy) is 1. The van der Waals surface area contributed by atoms with Gasteiger partial charge in [-0.05, 0) is 36.0 Å². The van der Waals surface area contributed by atoms with Gasteiger partial charge in [-0.2, -0.15) is 0 Å². The smallest absolute Gasteiger partial charge is 0.408 e. The van der Waals surface area contributed by atoms with Gasteiger partial charge >= 0.3 is 6.09 Å². The van der Waals surface area contributed by atoms with E-state index in [2.05, 4.69) is 44.5 Å². The van der Waals surface area contributed by atoms with Gasteiger partial charge in [0.15, 0.2) is 8.32 Å². The van der Waals surface area contributed by atoms with Crippen LogP contribution in [0.15, 0.2) is 30.3 Å². The van der Waals surface area contributed by atoms with E-state index in [1.165, 1.54) is 0 Å². The second-order valence-corrected chi connectivity index (χ2v) is 14.6. The Morgan fingerprint density at radius 1 is 1.06 bits per heavy atom. The van der Waals surface area contributed by atoms with Crippen LogP contribution < -0.4 is 16.4 Å². The highest BCUT2D eigenvalue weighted by molar-refractivity contribution is 6.74. The van der Waals surface area contributed by atoms with Crippen LogP contribution in [-0.4, -0.2) is 44.9 Å². The van der Waals surface area contributed by atoms with E-state index in [0.29, 0.717) is 6.61 Å². The quantitative estimate of drug-likeness (QED) is 0.433. The molecule has 2 atom stereocenters. The zero-order valence-corrected chi connectivity index (χ0v) is 21.4. The summed E-state index contributed by atoms with van der Waals surface area (Å²) in [6, 6.07) is 7.47. The number of nitrogens with one attached hydrogen (secondary N) is 2. The van der Waals surface area contributed by atoms with Gasteiger partial charge in [0.1, 0.15) is 18.7 Å². The first kappa shape index (κ1) is 27.6. The molecule has 9 heteroatoms. The minimum atomic E-state index is -1.98. The van der Waals surface area contributed by atoms with Crippen molar-refractivity contribution in [2.75, 3.05) is 6.61 Å². The van der Waals surface area contributed by atoms with E-state index in [1.807, 2.05) is 30.3 Å². The van der Waals surface area contributed by atoms with Crippen molar-refractivity contribution in [3.63, 3.8) is 0 Å². The molecule has 1 rings (SSSR count). The molecule has 32 heavy (non-hydrogen) atoms. The van der Waals surface area contributed by atoms with Gasteiger partial charge in [0, 0.05) is 6.61 Å². The number of carbonyl (C=O) groups excluding carboxylic acids is 3. The molecule has 0 bridgehead atoms. The predicted octanol–water partition coefficient (Wildman–Crippen LogP) is 3.32. The van der Waals surface area contributed by atoms with Crippen LogP contribution >= 0.6 is 0 Å². The maximum Gasteiger partial charge on any atom is 0.408 e. The van der Waals surface area contributed by atoms with Crippen molar-refractivity contribution in [1.29, 1.82) is 0 Å². The molecule has 1 aromatic carbocycles. The number of benzene rings is 1. The number of amides is 3. The summed E-state index contributed by atoms with van der Waals surface area (Å²) >= 11 is 0. The van der Waals surface area contributed by atoms with Crippen molar-refractivity contribution in [1.82, 2.24) is 10.6 Å². The molecule has 1 aromatic rings. The van der Waals surface area contributed by atoms with Crippen LogP contribution in [0.5, 0.6) is 0 Å². The number of rotatable bonds is 11. The van der Waals surface area contributed by atoms with Crippen molar-refractivity contribution < 1.29 is 23.5 Å². The molecule has 0 fully saturated rings. The molecule has 0 unspecified atom stereocenters. The van der Waals surface area contributed by atoms with Crippen LogP contribution in [-0.2, 0) is 25.4 Å². The van der Waals surface area contributed by atoms with E-state index >= 15 is 0 Å². The second kappa shape index (κ2) is 12.0. The van der Waals surface area contributed by atoms with Crippen LogP contribution in [0.4, 0.5) is 4.79 Å². The van der Waals surface area contributed by atoms with Crippen molar-refractivity contribution in [2.45, 2.75) is 77.9 Å². The Balaban J connectivity index is 2.66. The maximum absolute atomic E-state index is 12.8. The van der Waals surface area contributed by atoms with Crippen molar-refractivity contribution >= 4 is 26.2 Å². The largest absolute Gasteiger partial charge is 0.445 e. The van der Waals surface area contributed by atoms with Gasteiger partial charge in [0.05, 0.1) is 0 Å². The molecule has 3 amide bonds. The highest BCUT2D eigenvalue weighted by Gasteiger charge is 2.37. The van der Waals surface area contributed by atoms with Crippen molar-refractivity contribution in [3.8, 4) is 0 Å². The molecule has 4 N–H and O–H groups in total. The number of nitrogens with two attached hydrogens (primary N) is 1. The lowest BCUT2D eigenvalue weighted by Crippen LogP contribution is -2.55. The average Bonchev–Trinajstić information content (AvgIpc) is 2.69. The summed E-state index contributed by atoms with van der Waals surface area (Å²) in [4.78, 5) is 36.9. The monoisotopic (exact) mass is 465 g/mol. The van der Waals surface area contributed by atoms with Crippen LogP contribution in [0, 0.1) is 5.92 Å². The molecular formula is C23H39N3O5Si. The maximum atomic E-state index is 12.8. The summed E-state index contributed by atoms with van der Waals surface area (Å²) in [6.07, 6.45) is -0.448. The molecule has 0 aliphatic heterocycles. The lowest BCUT2D eigenvalue weighted by Gasteiger charge is -2.36. The summed E-state index contributed by atoms with van der Waals surface area (Å²) in [5.41, 5.74) is 6.34. The molecule has 8 nitrogen and oxygen atoms in total. The fraction of sp³-hybridized carbons (Fsp3) is 0.609. The van der Waals surface area contributed by atoms with E-state index in [9.17, 15) is 14.4 Å². The number of hydrogen-bond acceptors (Lipinski definition) is 5. The van der Waals surface area contributed by atoms with Gasteiger partial charge in [-0.15, -0.1) is 0 Å². The van der Waals surface area contributed by atoms with Gasteiger partial charge in [-0.3, -0.25) is 9.59 Å². The summed E-state index contributed by atoms with van der Waals surface area (Å²) in [6.45, 7) is 14.6. The standard InChI is InChI=1S/C23H39N3O5Si/c1-16(2)19(26-22(29)30-15-17-11-9-8-10-12-17)21(28)25-18(20(24)27)13-14-31-32(6,7)23(3,4)5/h8-12,16,18-19H,13-15H2,1-7H3,(H2,24,27)(H,25,28)(H,26,29)/t18-,19+/m1/s1. The minimum Gasteiger partial charge on any atom is -0.445 e. The van der Waals surface area contributed by atoms with Crippen molar-refractivity contribution in [2.24, 2.45) is 11.7 Å². The third kappa shape index (κ3) is 9.00. The summed E-state index contributed by atoms with van der Waals surface area (Å²) in [5.74, 6) is -1.37.